The van der Waals surface area contributed by atoms with Gasteiger partial charge in [-0.15, -0.1) is 0 Å². The van der Waals surface area contributed by atoms with Crippen molar-refractivity contribution in [3.63, 3.8) is 0 Å². The van der Waals surface area contributed by atoms with Crippen molar-refractivity contribution in [2.75, 3.05) is 12.4 Å². The van der Waals surface area contributed by atoms with E-state index in [9.17, 15) is 8.42 Å². The van der Waals surface area contributed by atoms with Gasteiger partial charge in [0.1, 0.15) is 10.7 Å². The average molecular weight is 292 g/mol. The summed E-state index contributed by atoms with van der Waals surface area (Å²) in [6.07, 6.45) is 4.65. The SMILES string of the molecule is CNc1ccc(S(=O)(=O)NCc2cnccc2C)cn1. The highest BCUT2D eigenvalue weighted by Crippen LogP contribution is 2.11. The summed E-state index contributed by atoms with van der Waals surface area (Å²) in [5.74, 6) is 0.618. The van der Waals surface area contributed by atoms with Gasteiger partial charge in [0, 0.05) is 32.2 Å². The Hall–Kier alpha value is -1.99. The molecule has 0 aromatic carbocycles. The first-order valence-corrected chi connectivity index (χ1v) is 7.54. The Balaban J connectivity index is 2.13. The molecule has 0 aliphatic rings. The number of hydrogen-bond donors (Lipinski definition) is 2. The van der Waals surface area contributed by atoms with Gasteiger partial charge in [-0.05, 0) is 36.2 Å². The lowest BCUT2D eigenvalue weighted by molar-refractivity contribution is 0.580. The molecule has 0 saturated heterocycles. The second kappa shape index (κ2) is 5.98. The number of anilines is 1. The van der Waals surface area contributed by atoms with Crippen LogP contribution in [0.3, 0.4) is 0 Å². The van der Waals surface area contributed by atoms with Crippen molar-refractivity contribution >= 4 is 15.8 Å². The predicted octanol–water partition coefficient (Wildman–Crippen LogP) is 1.31. The summed E-state index contributed by atoms with van der Waals surface area (Å²) in [5.41, 5.74) is 1.84. The van der Waals surface area contributed by atoms with Crippen LogP contribution in [0.5, 0.6) is 0 Å². The average Bonchev–Trinajstić information content (AvgIpc) is 2.46. The highest BCUT2D eigenvalue weighted by atomic mass is 32.2. The van der Waals surface area contributed by atoms with Gasteiger partial charge in [-0.25, -0.2) is 18.1 Å². The molecule has 0 aliphatic carbocycles. The van der Waals surface area contributed by atoms with Gasteiger partial charge in [-0.1, -0.05) is 0 Å². The van der Waals surface area contributed by atoms with E-state index in [2.05, 4.69) is 20.0 Å². The maximum Gasteiger partial charge on any atom is 0.242 e. The maximum atomic E-state index is 12.1. The van der Waals surface area contributed by atoms with Crippen LogP contribution in [0, 0.1) is 6.92 Å². The van der Waals surface area contributed by atoms with Crippen LogP contribution in [0.1, 0.15) is 11.1 Å². The van der Waals surface area contributed by atoms with Crippen LogP contribution >= 0.6 is 0 Å². The standard InChI is InChI=1S/C13H16N4O2S/c1-10-5-6-15-7-11(10)8-17-20(18,19)12-3-4-13(14-2)16-9-12/h3-7,9,17H,8H2,1-2H3,(H,14,16). The minimum atomic E-state index is -3.57. The topological polar surface area (TPSA) is 84.0 Å². The normalized spacial score (nSPS) is 11.3. The Bertz CT molecular complexity index is 684. The Labute approximate surface area is 118 Å². The third kappa shape index (κ3) is 3.31. The number of sulfonamides is 1. The Morgan fingerprint density at radius 3 is 2.60 bits per heavy atom. The largest absolute Gasteiger partial charge is 0.373 e. The van der Waals surface area contributed by atoms with E-state index < -0.39 is 10.0 Å². The van der Waals surface area contributed by atoms with E-state index in [0.717, 1.165) is 11.1 Å². The number of rotatable bonds is 5. The molecule has 6 nitrogen and oxygen atoms in total. The molecular formula is C13H16N4O2S. The molecule has 2 heterocycles. The molecule has 0 bridgehead atoms. The van der Waals surface area contributed by atoms with Gasteiger partial charge in [0.2, 0.25) is 10.0 Å². The molecular weight excluding hydrogens is 276 g/mol. The third-order valence-corrected chi connectivity index (χ3v) is 4.29. The number of aromatic nitrogens is 2. The van der Waals surface area contributed by atoms with Crippen LogP contribution < -0.4 is 10.0 Å². The van der Waals surface area contributed by atoms with Crippen molar-refractivity contribution in [3.05, 3.63) is 47.9 Å². The Morgan fingerprint density at radius 2 is 2.00 bits per heavy atom. The Morgan fingerprint density at radius 1 is 1.20 bits per heavy atom. The van der Waals surface area contributed by atoms with Crippen molar-refractivity contribution < 1.29 is 8.42 Å². The van der Waals surface area contributed by atoms with E-state index >= 15 is 0 Å². The molecule has 0 unspecified atom stereocenters. The lowest BCUT2D eigenvalue weighted by Crippen LogP contribution is -2.23. The summed E-state index contributed by atoms with van der Waals surface area (Å²) in [6.45, 7) is 2.12. The molecule has 2 rings (SSSR count). The first-order chi connectivity index (χ1) is 9.53. The van der Waals surface area contributed by atoms with Gasteiger partial charge in [0.25, 0.3) is 0 Å². The first kappa shape index (κ1) is 14.4. The van der Waals surface area contributed by atoms with Gasteiger partial charge >= 0.3 is 0 Å². The smallest absolute Gasteiger partial charge is 0.242 e. The van der Waals surface area contributed by atoms with Crippen LogP contribution in [-0.4, -0.2) is 25.4 Å². The molecule has 7 heteroatoms. The van der Waals surface area contributed by atoms with Crippen molar-refractivity contribution in [3.8, 4) is 0 Å². The first-order valence-electron chi connectivity index (χ1n) is 6.06. The van der Waals surface area contributed by atoms with Crippen LogP contribution in [0.2, 0.25) is 0 Å². The van der Waals surface area contributed by atoms with Crippen molar-refractivity contribution in [2.24, 2.45) is 0 Å². The number of hydrogen-bond acceptors (Lipinski definition) is 5. The zero-order chi connectivity index (χ0) is 14.6. The molecule has 2 N–H and O–H groups in total. The molecule has 0 aliphatic heterocycles. The highest BCUT2D eigenvalue weighted by Gasteiger charge is 2.14. The van der Waals surface area contributed by atoms with Gasteiger partial charge in [-0.2, -0.15) is 0 Å². The molecule has 2 aromatic heterocycles. The van der Waals surface area contributed by atoms with Gasteiger partial charge in [0.15, 0.2) is 0 Å². The monoisotopic (exact) mass is 292 g/mol. The van der Waals surface area contributed by atoms with Crippen LogP contribution in [-0.2, 0) is 16.6 Å². The van der Waals surface area contributed by atoms with E-state index in [4.69, 9.17) is 0 Å². The quantitative estimate of drug-likeness (QED) is 0.868. The zero-order valence-electron chi connectivity index (χ0n) is 11.3. The summed E-state index contributed by atoms with van der Waals surface area (Å²) in [7, 11) is -1.85. The number of nitrogens with zero attached hydrogens (tertiary/aromatic N) is 2. The van der Waals surface area contributed by atoms with E-state index in [1.165, 1.54) is 12.3 Å². The summed E-state index contributed by atoms with van der Waals surface area (Å²) in [6, 6.07) is 4.97. The lowest BCUT2D eigenvalue weighted by Gasteiger charge is -2.08. The second-order valence-electron chi connectivity index (χ2n) is 4.26. The van der Waals surface area contributed by atoms with E-state index in [-0.39, 0.29) is 11.4 Å². The van der Waals surface area contributed by atoms with Crippen LogP contribution in [0.15, 0.2) is 41.7 Å². The lowest BCUT2D eigenvalue weighted by atomic mass is 10.2. The fraction of sp³-hybridized carbons (Fsp3) is 0.231. The summed E-state index contributed by atoms with van der Waals surface area (Å²) in [4.78, 5) is 8.12. The van der Waals surface area contributed by atoms with E-state index in [0.29, 0.717) is 5.82 Å². The van der Waals surface area contributed by atoms with Crippen molar-refractivity contribution in [2.45, 2.75) is 18.4 Å². The molecule has 0 saturated carbocycles. The number of nitrogens with one attached hydrogen (secondary N) is 2. The van der Waals surface area contributed by atoms with Gasteiger partial charge < -0.3 is 5.32 Å². The van der Waals surface area contributed by atoms with Crippen molar-refractivity contribution in [1.82, 2.24) is 14.7 Å². The Kier molecular flexibility index (Phi) is 4.31. The molecule has 0 atom stereocenters. The molecule has 0 radical (unpaired) electrons. The predicted molar refractivity (Wildman–Crippen MR) is 76.8 cm³/mol. The van der Waals surface area contributed by atoms with Crippen LogP contribution in [0.4, 0.5) is 5.82 Å². The summed E-state index contributed by atoms with van der Waals surface area (Å²) < 4.78 is 26.8. The minimum absolute atomic E-state index is 0.137. The zero-order valence-corrected chi connectivity index (χ0v) is 12.1. The maximum absolute atomic E-state index is 12.1. The number of aryl methyl sites for hydroxylation is 1. The molecule has 0 fully saturated rings. The van der Waals surface area contributed by atoms with Gasteiger partial charge in [0.05, 0.1) is 0 Å². The number of pyridine rings is 2. The molecule has 106 valence electrons. The third-order valence-electron chi connectivity index (χ3n) is 2.90. The van der Waals surface area contributed by atoms with Crippen LogP contribution in [0.25, 0.3) is 0 Å². The van der Waals surface area contributed by atoms with Crippen molar-refractivity contribution in [1.29, 1.82) is 0 Å². The summed E-state index contributed by atoms with van der Waals surface area (Å²) in [5, 5.41) is 2.84. The highest BCUT2D eigenvalue weighted by molar-refractivity contribution is 7.89. The van der Waals surface area contributed by atoms with E-state index in [1.54, 1.807) is 25.5 Å². The fourth-order valence-corrected chi connectivity index (χ4v) is 2.58. The van der Waals surface area contributed by atoms with Gasteiger partial charge in [-0.3, -0.25) is 4.98 Å². The summed E-state index contributed by atoms with van der Waals surface area (Å²) >= 11 is 0. The minimum Gasteiger partial charge on any atom is -0.373 e. The van der Waals surface area contributed by atoms with E-state index in [1.807, 2.05) is 13.0 Å². The molecule has 2 aromatic rings. The molecule has 0 spiro atoms. The second-order valence-corrected chi connectivity index (χ2v) is 6.02. The molecule has 20 heavy (non-hydrogen) atoms. The molecule has 0 amide bonds. The fourth-order valence-electron chi connectivity index (χ4n) is 1.62.